The van der Waals surface area contributed by atoms with E-state index in [9.17, 15) is 8.42 Å². The molecule has 1 aromatic heterocycles. The van der Waals surface area contributed by atoms with Gasteiger partial charge in [-0.15, -0.1) is 35.3 Å². The highest BCUT2D eigenvalue weighted by Crippen LogP contribution is 2.24. The Kier molecular flexibility index (Phi) is 9.80. The van der Waals surface area contributed by atoms with E-state index in [1.54, 1.807) is 13.1 Å². The van der Waals surface area contributed by atoms with E-state index in [1.807, 2.05) is 20.9 Å². The van der Waals surface area contributed by atoms with Crippen LogP contribution in [0.3, 0.4) is 0 Å². The zero-order valence-electron chi connectivity index (χ0n) is 15.7. The maximum atomic E-state index is 12.4. The van der Waals surface area contributed by atoms with Gasteiger partial charge in [-0.2, -0.15) is 0 Å². The van der Waals surface area contributed by atoms with Gasteiger partial charge in [0.1, 0.15) is 0 Å². The normalized spacial score (nSPS) is 17.8. The number of ether oxygens (including phenoxy) is 1. The van der Waals surface area contributed by atoms with Crippen molar-refractivity contribution < 1.29 is 13.2 Å². The predicted octanol–water partition coefficient (Wildman–Crippen LogP) is 1.80. The second-order valence-corrected chi connectivity index (χ2v) is 9.46. The summed E-state index contributed by atoms with van der Waals surface area (Å²) in [7, 11) is 0.246. The molecule has 0 bridgehead atoms. The molecule has 0 aliphatic carbocycles. The molecular weight excluding hydrogens is 487 g/mol. The Morgan fingerprint density at radius 3 is 2.69 bits per heavy atom. The van der Waals surface area contributed by atoms with Gasteiger partial charge in [0.15, 0.2) is 5.96 Å². The highest BCUT2D eigenvalue weighted by Gasteiger charge is 2.20. The second-order valence-electron chi connectivity index (χ2n) is 6.26. The number of sulfonamides is 1. The smallest absolute Gasteiger partial charge is 0.241 e. The molecule has 1 aliphatic heterocycles. The van der Waals surface area contributed by atoms with Crippen molar-refractivity contribution in [3.8, 4) is 0 Å². The summed E-state index contributed by atoms with van der Waals surface area (Å²) in [5.41, 5.74) is 0. The minimum absolute atomic E-state index is 0. The van der Waals surface area contributed by atoms with E-state index in [0.717, 1.165) is 41.9 Å². The third kappa shape index (κ3) is 6.63. The average Bonchev–Trinajstić information content (AvgIpc) is 3.16. The van der Waals surface area contributed by atoms with Crippen molar-refractivity contribution in [3.05, 3.63) is 15.8 Å². The fourth-order valence-electron chi connectivity index (χ4n) is 2.90. The van der Waals surface area contributed by atoms with Crippen LogP contribution in [0, 0.1) is 19.8 Å². The van der Waals surface area contributed by atoms with Gasteiger partial charge in [0, 0.05) is 56.0 Å². The summed E-state index contributed by atoms with van der Waals surface area (Å²) in [5, 5.41) is 3.20. The number of aryl methyl sites for hydroxylation is 2. The molecule has 1 atom stereocenters. The molecule has 2 heterocycles. The van der Waals surface area contributed by atoms with Gasteiger partial charge >= 0.3 is 0 Å². The molecule has 2 rings (SSSR count). The molecule has 0 radical (unpaired) electrons. The average molecular weight is 516 g/mol. The van der Waals surface area contributed by atoms with Crippen LogP contribution in [-0.2, 0) is 14.8 Å². The molecule has 1 unspecified atom stereocenters. The van der Waals surface area contributed by atoms with Crippen LogP contribution in [0.4, 0.5) is 0 Å². The van der Waals surface area contributed by atoms with Crippen LogP contribution in [0.25, 0.3) is 0 Å². The molecule has 10 heteroatoms. The molecule has 0 saturated carbocycles. The van der Waals surface area contributed by atoms with E-state index >= 15 is 0 Å². The molecule has 2 N–H and O–H groups in total. The molecule has 150 valence electrons. The lowest BCUT2D eigenvalue weighted by Gasteiger charge is -2.24. The zero-order chi connectivity index (χ0) is 18.4. The Labute approximate surface area is 177 Å². The summed E-state index contributed by atoms with van der Waals surface area (Å²) < 4.78 is 32.8. The van der Waals surface area contributed by atoms with Gasteiger partial charge in [-0.1, -0.05) is 0 Å². The lowest BCUT2D eigenvalue weighted by Crippen LogP contribution is -2.44. The van der Waals surface area contributed by atoms with Gasteiger partial charge < -0.3 is 15.0 Å². The number of thiophene rings is 1. The standard InChI is InChI=1S/C16H28N4O3S2.HI/c1-12-9-15(13(2)24-12)25(21,22)19-7-6-18-16(17-3)20(4)10-14-5-8-23-11-14;/h9,14,19H,5-8,10-11H2,1-4H3,(H,17,18);1H. The van der Waals surface area contributed by atoms with Crippen molar-refractivity contribution in [1.29, 1.82) is 0 Å². The first-order chi connectivity index (χ1) is 11.8. The number of guanidine groups is 1. The topological polar surface area (TPSA) is 83.0 Å². The number of nitrogens with one attached hydrogen (secondary N) is 2. The van der Waals surface area contributed by atoms with Gasteiger partial charge in [-0.3, -0.25) is 4.99 Å². The molecular formula is C16H29IN4O3S2. The molecule has 1 fully saturated rings. The highest BCUT2D eigenvalue weighted by molar-refractivity contribution is 14.0. The molecule has 0 spiro atoms. The SMILES string of the molecule is CN=C(NCCNS(=O)(=O)c1cc(C)sc1C)N(C)CC1CCOC1.I. The monoisotopic (exact) mass is 516 g/mol. The van der Waals surface area contributed by atoms with Gasteiger partial charge in [0.2, 0.25) is 10.0 Å². The number of hydrogen-bond donors (Lipinski definition) is 2. The second kappa shape index (κ2) is 10.8. The number of nitrogens with zero attached hydrogens (tertiary/aromatic N) is 2. The lowest BCUT2D eigenvalue weighted by atomic mass is 10.1. The van der Waals surface area contributed by atoms with E-state index in [-0.39, 0.29) is 24.0 Å². The van der Waals surface area contributed by atoms with Crippen LogP contribution < -0.4 is 10.0 Å². The van der Waals surface area contributed by atoms with Crippen molar-refractivity contribution in [2.75, 3.05) is 46.9 Å². The van der Waals surface area contributed by atoms with E-state index in [1.165, 1.54) is 11.3 Å². The first-order valence-electron chi connectivity index (χ1n) is 8.39. The predicted molar refractivity (Wildman–Crippen MR) is 117 cm³/mol. The highest BCUT2D eigenvalue weighted by atomic mass is 127. The van der Waals surface area contributed by atoms with Crippen LogP contribution in [0.2, 0.25) is 0 Å². The van der Waals surface area contributed by atoms with Crippen LogP contribution in [0.5, 0.6) is 0 Å². The van der Waals surface area contributed by atoms with Gasteiger partial charge in [-0.25, -0.2) is 13.1 Å². The summed E-state index contributed by atoms with van der Waals surface area (Å²) >= 11 is 1.49. The lowest BCUT2D eigenvalue weighted by molar-refractivity contribution is 0.181. The van der Waals surface area contributed by atoms with Crippen molar-refractivity contribution in [2.24, 2.45) is 10.9 Å². The third-order valence-corrected chi connectivity index (χ3v) is 6.80. The van der Waals surface area contributed by atoms with Crippen molar-refractivity contribution in [3.63, 3.8) is 0 Å². The first kappa shape index (κ1) is 23.6. The minimum atomic E-state index is -3.46. The Balaban J connectivity index is 0.00000338. The van der Waals surface area contributed by atoms with Crippen LogP contribution in [-0.4, -0.2) is 66.2 Å². The summed E-state index contributed by atoms with van der Waals surface area (Å²) in [6.45, 7) is 7.00. The zero-order valence-corrected chi connectivity index (χ0v) is 19.7. The van der Waals surface area contributed by atoms with Crippen LogP contribution >= 0.6 is 35.3 Å². The van der Waals surface area contributed by atoms with Crippen LogP contribution in [0.1, 0.15) is 16.2 Å². The summed E-state index contributed by atoms with van der Waals surface area (Å²) in [4.78, 5) is 8.49. The maximum Gasteiger partial charge on any atom is 0.241 e. The molecule has 7 nitrogen and oxygen atoms in total. The number of halogens is 1. The molecule has 1 aromatic rings. The van der Waals surface area contributed by atoms with E-state index < -0.39 is 10.0 Å². The van der Waals surface area contributed by atoms with Crippen molar-refractivity contribution >= 4 is 51.3 Å². The first-order valence-corrected chi connectivity index (χ1v) is 10.7. The van der Waals surface area contributed by atoms with E-state index in [4.69, 9.17) is 4.74 Å². The Morgan fingerprint density at radius 1 is 1.42 bits per heavy atom. The van der Waals surface area contributed by atoms with Crippen molar-refractivity contribution in [2.45, 2.75) is 25.2 Å². The van der Waals surface area contributed by atoms with Gasteiger partial charge in [0.05, 0.1) is 11.5 Å². The quantitative estimate of drug-likeness (QED) is 0.250. The Bertz CT molecular complexity index is 700. The van der Waals surface area contributed by atoms with Gasteiger partial charge in [-0.05, 0) is 26.3 Å². The fourth-order valence-corrected chi connectivity index (χ4v) is 5.48. The van der Waals surface area contributed by atoms with Crippen molar-refractivity contribution in [1.82, 2.24) is 14.9 Å². The number of aliphatic imine (C=N–C) groups is 1. The maximum absolute atomic E-state index is 12.4. The fraction of sp³-hybridized carbons (Fsp3) is 0.688. The van der Waals surface area contributed by atoms with Crippen LogP contribution in [0.15, 0.2) is 16.0 Å². The Hall–Kier alpha value is -0.430. The minimum Gasteiger partial charge on any atom is -0.381 e. The molecule has 1 saturated heterocycles. The van der Waals surface area contributed by atoms with E-state index in [2.05, 4.69) is 19.9 Å². The van der Waals surface area contributed by atoms with Gasteiger partial charge in [0.25, 0.3) is 0 Å². The molecule has 0 amide bonds. The molecule has 0 aromatic carbocycles. The Morgan fingerprint density at radius 2 is 2.15 bits per heavy atom. The third-order valence-electron chi connectivity index (χ3n) is 4.11. The largest absolute Gasteiger partial charge is 0.381 e. The number of hydrogen-bond acceptors (Lipinski definition) is 5. The molecule has 26 heavy (non-hydrogen) atoms. The van der Waals surface area contributed by atoms with E-state index in [0.29, 0.717) is 23.9 Å². The molecule has 1 aliphatic rings. The summed E-state index contributed by atoms with van der Waals surface area (Å²) in [6.07, 6.45) is 1.07. The number of rotatable bonds is 7. The summed E-state index contributed by atoms with van der Waals surface area (Å²) in [6, 6.07) is 1.71. The summed E-state index contributed by atoms with van der Waals surface area (Å²) in [5.74, 6) is 1.28.